The van der Waals surface area contributed by atoms with Crippen LogP contribution in [0.4, 0.5) is 0 Å². The molecule has 0 spiro atoms. The molecule has 0 atom stereocenters. The van der Waals surface area contributed by atoms with Crippen molar-refractivity contribution >= 4 is 29.3 Å². The van der Waals surface area contributed by atoms with Crippen LogP contribution in [0.2, 0.25) is 0 Å². The zero-order valence-electron chi connectivity index (χ0n) is 6.54. The van der Waals surface area contributed by atoms with Gasteiger partial charge in [0, 0.05) is 13.8 Å². The summed E-state index contributed by atoms with van der Waals surface area (Å²) in [7, 11) is 0. The molecule has 0 radical (unpaired) electrons. The third kappa shape index (κ3) is 6.75. The van der Waals surface area contributed by atoms with E-state index in [1.807, 2.05) is 11.0 Å². The summed E-state index contributed by atoms with van der Waals surface area (Å²) in [4.78, 5) is 28.9. The second-order valence-electron chi connectivity index (χ2n) is 1.72. The van der Waals surface area contributed by atoms with E-state index < -0.39 is 11.9 Å². The highest BCUT2D eigenvalue weighted by Crippen LogP contribution is 1.73. The van der Waals surface area contributed by atoms with Gasteiger partial charge in [-0.05, 0) is 12.2 Å². The van der Waals surface area contributed by atoms with E-state index in [1.54, 1.807) is 0 Å². The lowest BCUT2D eigenvalue weighted by Crippen LogP contribution is -2.37. The smallest absolute Gasteiger partial charge is 0.329 e. The van der Waals surface area contributed by atoms with Crippen molar-refractivity contribution in [2.45, 2.75) is 13.8 Å². The number of hydroxylamine groups is 2. The quantitative estimate of drug-likeness (QED) is 0.392. The van der Waals surface area contributed by atoms with Crippen LogP contribution in [0.1, 0.15) is 13.8 Å². The molecule has 0 aromatic carbocycles. The summed E-state index contributed by atoms with van der Waals surface area (Å²) >= 11 is 4.51. The minimum absolute atomic E-state index is 0.111. The molecule has 7 heteroatoms. The molecular formula is C5H8N2O4S. The second kappa shape index (κ2) is 5.30. The van der Waals surface area contributed by atoms with Crippen LogP contribution in [-0.2, 0) is 19.3 Å². The molecule has 0 aromatic heterocycles. The van der Waals surface area contributed by atoms with E-state index in [9.17, 15) is 9.59 Å². The van der Waals surface area contributed by atoms with E-state index in [4.69, 9.17) is 0 Å². The maximum atomic E-state index is 10.2. The molecule has 68 valence electrons. The third-order valence-electron chi connectivity index (χ3n) is 0.575. The van der Waals surface area contributed by atoms with Crippen molar-refractivity contribution in [3.8, 4) is 0 Å². The molecule has 0 saturated carbocycles. The van der Waals surface area contributed by atoms with Crippen LogP contribution in [0, 0.1) is 0 Å². The molecular weight excluding hydrogens is 184 g/mol. The highest BCUT2D eigenvalue weighted by Gasteiger charge is 1.98. The number of nitrogens with one attached hydrogen (secondary N) is 2. The first kappa shape index (κ1) is 10.6. The average molecular weight is 192 g/mol. The van der Waals surface area contributed by atoms with Crippen molar-refractivity contribution in [1.29, 1.82) is 0 Å². The standard InChI is InChI=1S/C5H8N2O4S/c1-3(8)10-6-5(12)7-11-4(2)9/h1-2H3,(H2,6,7,12). The van der Waals surface area contributed by atoms with Gasteiger partial charge in [-0.25, -0.2) is 0 Å². The third-order valence-corrected chi connectivity index (χ3v) is 0.742. The van der Waals surface area contributed by atoms with Gasteiger partial charge in [0.05, 0.1) is 0 Å². The minimum atomic E-state index is -0.554. The molecule has 0 amide bonds. The van der Waals surface area contributed by atoms with Crippen molar-refractivity contribution in [1.82, 2.24) is 11.0 Å². The number of hydrogen-bond acceptors (Lipinski definition) is 5. The van der Waals surface area contributed by atoms with E-state index in [1.165, 1.54) is 13.8 Å². The molecule has 12 heavy (non-hydrogen) atoms. The summed E-state index contributed by atoms with van der Waals surface area (Å²) in [6.07, 6.45) is 0. The SMILES string of the molecule is CC(=O)ONC(=S)NOC(C)=O. The van der Waals surface area contributed by atoms with E-state index in [-0.39, 0.29) is 5.11 Å². The summed E-state index contributed by atoms with van der Waals surface area (Å²) in [5.41, 5.74) is 4.06. The van der Waals surface area contributed by atoms with Crippen LogP contribution in [0.15, 0.2) is 0 Å². The van der Waals surface area contributed by atoms with Gasteiger partial charge in [-0.1, -0.05) is 0 Å². The summed E-state index contributed by atoms with van der Waals surface area (Å²) in [5, 5.41) is -0.111. The zero-order valence-corrected chi connectivity index (χ0v) is 7.36. The Morgan fingerprint density at radius 2 is 1.42 bits per heavy atom. The Bertz CT molecular complexity index is 186. The Balaban J connectivity index is 3.47. The first-order valence-electron chi connectivity index (χ1n) is 2.93. The molecule has 6 nitrogen and oxygen atoms in total. The average Bonchev–Trinajstić information content (AvgIpc) is 1.96. The molecule has 0 bridgehead atoms. The largest absolute Gasteiger partial charge is 0.342 e. The maximum Gasteiger partial charge on any atom is 0.329 e. The molecule has 0 aliphatic heterocycles. The van der Waals surface area contributed by atoms with Gasteiger partial charge in [0.15, 0.2) is 0 Å². The van der Waals surface area contributed by atoms with Crippen LogP contribution in [-0.4, -0.2) is 17.1 Å². The fourth-order valence-electron chi connectivity index (χ4n) is 0.257. The van der Waals surface area contributed by atoms with Gasteiger partial charge in [-0.3, -0.25) is 9.59 Å². The molecule has 0 heterocycles. The fourth-order valence-corrected chi connectivity index (χ4v) is 0.341. The fraction of sp³-hybridized carbons (Fsp3) is 0.400. The summed E-state index contributed by atoms with van der Waals surface area (Å²) in [6.45, 7) is 2.39. The Morgan fingerprint density at radius 1 is 1.08 bits per heavy atom. The predicted octanol–water partition coefficient (Wildman–Crippen LogP) is -0.593. The van der Waals surface area contributed by atoms with Crippen molar-refractivity contribution in [2.75, 3.05) is 0 Å². The van der Waals surface area contributed by atoms with Crippen molar-refractivity contribution in [2.24, 2.45) is 0 Å². The zero-order chi connectivity index (χ0) is 9.56. The molecule has 0 fully saturated rings. The monoisotopic (exact) mass is 192 g/mol. The topological polar surface area (TPSA) is 76.7 Å². The Hall–Kier alpha value is -1.37. The van der Waals surface area contributed by atoms with Crippen LogP contribution < -0.4 is 11.0 Å². The van der Waals surface area contributed by atoms with Crippen LogP contribution >= 0.6 is 12.2 Å². The molecule has 0 aliphatic carbocycles. The molecule has 0 aromatic rings. The number of carbonyl (C=O) groups excluding carboxylic acids is 2. The number of carbonyl (C=O) groups is 2. The lowest BCUT2D eigenvalue weighted by atomic mass is 10.8. The number of hydrogen-bond donors (Lipinski definition) is 2. The van der Waals surface area contributed by atoms with Gasteiger partial charge in [0.1, 0.15) is 0 Å². The lowest BCUT2D eigenvalue weighted by Gasteiger charge is -2.06. The number of rotatable bonds is 0. The predicted molar refractivity (Wildman–Crippen MR) is 42.4 cm³/mol. The van der Waals surface area contributed by atoms with Gasteiger partial charge < -0.3 is 9.68 Å². The van der Waals surface area contributed by atoms with Crippen LogP contribution in [0.25, 0.3) is 0 Å². The molecule has 0 unspecified atom stereocenters. The Morgan fingerprint density at radius 3 is 1.67 bits per heavy atom. The Labute approximate surface area is 74.1 Å². The molecule has 0 aliphatic rings. The van der Waals surface area contributed by atoms with Crippen molar-refractivity contribution < 1.29 is 19.3 Å². The van der Waals surface area contributed by atoms with E-state index in [2.05, 4.69) is 21.9 Å². The summed E-state index contributed by atoms with van der Waals surface area (Å²) < 4.78 is 0. The molecule has 0 saturated heterocycles. The van der Waals surface area contributed by atoms with Gasteiger partial charge >= 0.3 is 11.9 Å². The van der Waals surface area contributed by atoms with E-state index in [0.717, 1.165) is 0 Å². The van der Waals surface area contributed by atoms with E-state index in [0.29, 0.717) is 0 Å². The van der Waals surface area contributed by atoms with Gasteiger partial charge in [0.25, 0.3) is 0 Å². The van der Waals surface area contributed by atoms with Crippen molar-refractivity contribution in [3.05, 3.63) is 0 Å². The summed E-state index contributed by atoms with van der Waals surface area (Å²) in [6, 6.07) is 0. The highest BCUT2D eigenvalue weighted by atomic mass is 32.1. The minimum Gasteiger partial charge on any atom is -0.342 e. The van der Waals surface area contributed by atoms with Crippen LogP contribution in [0.3, 0.4) is 0 Å². The maximum absolute atomic E-state index is 10.2. The van der Waals surface area contributed by atoms with Crippen LogP contribution in [0.5, 0.6) is 0 Å². The summed E-state index contributed by atoms with van der Waals surface area (Å²) in [5.74, 6) is -1.11. The van der Waals surface area contributed by atoms with Gasteiger partial charge in [-0.15, -0.1) is 0 Å². The number of thiocarbonyl (C=S) groups is 1. The molecule has 2 N–H and O–H groups in total. The van der Waals surface area contributed by atoms with Gasteiger partial charge in [0.2, 0.25) is 5.11 Å². The lowest BCUT2D eigenvalue weighted by molar-refractivity contribution is -0.147. The van der Waals surface area contributed by atoms with Crippen molar-refractivity contribution in [3.63, 3.8) is 0 Å². The molecule has 0 rings (SSSR count). The first-order valence-corrected chi connectivity index (χ1v) is 3.34. The first-order chi connectivity index (χ1) is 5.52. The second-order valence-corrected chi connectivity index (χ2v) is 2.13. The Kier molecular flexibility index (Phi) is 4.70. The van der Waals surface area contributed by atoms with E-state index >= 15 is 0 Å². The van der Waals surface area contributed by atoms with Gasteiger partial charge in [-0.2, -0.15) is 11.0 Å². The normalized spacial score (nSPS) is 8.17. The highest BCUT2D eigenvalue weighted by molar-refractivity contribution is 7.80.